The van der Waals surface area contributed by atoms with E-state index in [1.165, 1.54) is 6.42 Å². The Kier molecular flexibility index (Phi) is 3.15. The van der Waals surface area contributed by atoms with Crippen molar-refractivity contribution in [3.05, 3.63) is 18.2 Å². The fourth-order valence-corrected chi connectivity index (χ4v) is 2.53. The van der Waals surface area contributed by atoms with Crippen LogP contribution in [0.5, 0.6) is 0 Å². The van der Waals surface area contributed by atoms with E-state index < -0.39 is 0 Å². The second-order valence-electron chi connectivity index (χ2n) is 5.13. The third-order valence-corrected chi connectivity index (χ3v) is 3.71. The second kappa shape index (κ2) is 4.45. The van der Waals surface area contributed by atoms with Gasteiger partial charge in [0.1, 0.15) is 0 Å². The smallest absolute Gasteiger partial charge is 0.0785 e. The lowest BCUT2D eigenvalue weighted by molar-refractivity contribution is 0.311. The van der Waals surface area contributed by atoms with Gasteiger partial charge in [-0.05, 0) is 39.6 Å². The molecule has 4 heteroatoms. The van der Waals surface area contributed by atoms with Gasteiger partial charge in [0.05, 0.1) is 17.1 Å². The van der Waals surface area contributed by atoms with Crippen LogP contribution in [0.15, 0.2) is 18.2 Å². The van der Waals surface area contributed by atoms with Crippen molar-refractivity contribution in [2.75, 3.05) is 37.0 Å². The summed E-state index contributed by atoms with van der Waals surface area (Å²) >= 11 is 0. The highest BCUT2D eigenvalue weighted by atomic mass is 15.3. The number of likely N-dealkylation sites (N-methyl/N-ethyl adjacent to an activating group) is 1. The van der Waals surface area contributed by atoms with E-state index in [0.29, 0.717) is 23.5 Å². The molecule has 1 aliphatic rings. The molecule has 1 fully saturated rings. The van der Waals surface area contributed by atoms with Crippen LogP contribution in [0, 0.1) is 0 Å². The molecule has 1 saturated heterocycles. The Morgan fingerprint density at radius 3 is 2.59 bits per heavy atom. The lowest BCUT2D eigenvalue weighted by Gasteiger charge is -2.26. The molecule has 0 aromatic heterocycles. The predicted molar refractivity (Wildman–Crippen MR) is 74.2 cm³/mol. The molecule has 1 heterocycles. The third kappa shape index (κ3) is 2.17. The van der Waals surface area contributed by atoms with E-state index in [-0.39, 0.29) is 0 Å². The number of para-hydroxylation sites is 1. The second-order valence-corrected chi connectivity index (χ2v) is 5.13. The summed E-state index contributed by atoms with van der Waals surface area (Å²) in [4.78, 5) is 4.63. The van der Waals surface area contributed by atoms with E-state index in [1.54, 1.807) is 0 Å². The molecule has 0 radical (unpaired) electrons. The van der Waals surface area contributed by atoms with Crippen molar-refractivity contribution in [3.8, 4) is 0 Å². The molecule has 17 heavy (non-hydrogen) atoms. The molecule has 0 aliphatic carbocycles. The molecule has 4 nitrogen and oxygen atoms in total. The largest absolute Gasteiger partial charge is 0.397 e. The maximum Gasteiger partial charge on any atom is 0.0785 e. The van der Waals surface area contributed by atoms with Gasteiger partial charge >= 0.3 is 0 Å². The molecule has 1 aromatic rings. The summed E-state index contributed by atoms with van der Waals surface area (Å²) in [5, 5.41) is 0. The number of nitrogens with zero attached hydrogens (tertiary/aromatic N) is 2. The molecular weight excluding hydrogens is 212 g/mol. The summed E-state index contributed by atoms with van der Waals surface area (Å²) < 4.78 is 0. The van der Waals surface area contributed by atoms with E-state index in [4.69, 9.17) is 11.5 Å². The SMILES string of the molecule is C[C@H]1C[C@H](N(C)C)CN1c1cccc(N)c1N. The molecule has 4 N–H and O–H groups in total. The Hall–Kier alpha value is -1.42. The van der Waals surface area contributed by atoms with Gasteiger partial charge in [-0.1, -0.05) is 6.07 Å². The fourth-order valence-electron chi connectivity index (χ4n) is 2.53. The highest BCUT2D eigenvalue weighted by Gasteiger charge is 2.31. The van der Waals surface area contributed by atoms with E-state index in [1.807, 2.05) is 12.1 Å². The van der Waals surface area contributed by atoms with Crippen LogP contribution in [-0.4, -0.2) is 37.6 Å². The zero-order valence-corrected chi connectivity index (χ0v) is 10.9. The Labute approximate surface area is 103 Å². The quantitative estimate of drug-likeness (QED) is 0.759. The number of anilines is 3. The van der Waals surface area contributed by atoms with Crippen LogP contribution in [0.25, 0.3) is 0 Å². The first-order chi connectivity index (χ1) is 8.00. The van der Waals surface area contributed by atoms with Crippen molar-refractivity contribution in [1.82, 2.24) is 4.90 Å². The molecule has 1 aliphatic heterocycles. The van der Waals surface area contributed by atoms with Crippen LogP contribution in [0.3, 0.4) is 0 Å². The number of hydrogen-bond donors (Lipinski definition) is 2. The standard InChI is InChI=1S/C13H22N4/c1-9-7-10(16(2)3)8-17(9)12-6-4-5-11(14)13(12)15/h4-6,9-10H,7-8,14-15H2,1-3H3/t9-,10-/m0/s1. The Morgan fingerprint density at radius 1 is 1.29 bits per heavy atom. The zero-order valence-electron chi connectivity index (χ0n) is 10.9. The van der Waals surface area contributed by atoms with Gasteiger partial charge in [0.2, 0.25) is 0 Å². The molecule has 1 aromatic carbocycles. The molecule has 94 valence electrons. The van der Waals surface area contributed by atoms with Crippen LogP contribution in [-0.2, 0) is 0 Å². The molecule has 0 bridgehead atoms. The Bertz CT molecular complexity index is 402. The molecule has 2 rings (SSSR count). The summed E-state index contributed by atoms with van der Waals surface area (Å²) in [6.45, 7) is 3.26. The molecular formula is C13H22N4. The lowest BCUT2D eigenvalue weighted by Crippen LogP contribution is -2.32. The summed E-state index contributed by atoms with van der Waals surface area (Å²) in [5.41, 5.74) is 14.4. The van der Waals surface area contributed by atoms with Gasteiger partial charge in [-0.3, -0.25) is 0 Å². The normalized spacial score (nSPS) is 24.6. The summed E-state index contributed by atoms with van der Waals surface area (Å²) in [6, 6.07) is 6.97. The lowest BCUT2D eigenvalue weighted by atomic mass is 10.2. The summed E-state index contributed by atoms with van der Waals surface area (Å²) in [5.74, 6) is 0. The van der Waals surface area contributed by atoms with Crippen LogP contribution >= 0.6 is 0 Å². The molecule has 0 spiro atoms. The summed E-state index contributed by atoms with van der Waals surface area (Å²) in [7, 11) is 4.26. The van der Waals surface area contributed by atoms with Gasteiger partial charge in [0.15, 0.2) is 0 Å². The van der Waals surface area contributed by atoms with Crippen LogP contribution < -0.4 is 16.4 Å². The Balaban J connectivity index is 2.26. The number of rotatable bonds is 2. The van der Waals surface area contributed by atoms with Gasteiger partial charge in [-0.2, -0.15) is 0 Å². The van der Waals surface area contributed by atoms with E-state index >= 15 is 0 Å². The monoisotopic (exact) mass is 234 g/mol. The van der Waals surface area contributed by atoms with Crippen LogP contribution in [0.4, 0.5) is 17.1 Å². The zero-order chi connectivity index (χ0) is 12.6. The van der Waals surface area contributed by atoms with E-state index in [2.05, 4.69) is 36.9 Å². The van der Waals surface area contributed by atoms with Crippen molar-refractivity contribution in [3.63, 3.8) is 0 Å². The van der Waals surface area contributed by atoms with Gasteiger partial charge in [-0.25, -0.2) is 0 Å². The van der Waals surface area contributed by atoms with Crippen LogP contribution in [0.2, 0.25) is 0 Å². The Morgan fingerprint density at radius 2 is 2.00 bits per heavy atom. The van der Waals surface area contributed by atoms with E-state index in [0.717, 1.165) is 12.2 Å². The van der Waals surface area contributed by atoms with Crippen molar-refractivity contribution < 1.29 is 0 Å². The number of nitrogen functional groups attached to an aromatic ring is 2. The average Bonchev–Trinajstić information content (AvgIpc) is 2.65. The molecule has 0 saturated carbocycles. The maximum atomic E-state index is 6.07. The van der Waals surface area contributed by atoms with Crippen molar-refractivity contribution in [2.24, 2.45) is 0 Å². The number of hydrogen-bond acceptors (Lipinski definition) is 4. The summed E-state index contributed by atoms with van der Waals surface area (Å²) in [6.07, 6.45) is 1.17. The predicted octanol–water partition coefficient (Wildman–Crippen LogP) is 1.38. The highest BCUT2D eigenvalue weighted by Crippen LogP contribution is 2.34. The minimum absolute atomic E-state index is 0.506. The first-order valence-corrected chi connectivity index (χ1v) is 6.07. The minimum atomic E-state index is 0.506. The minimum Gasteiger partial charge on any atom is -0.397 e. The van der Waals surface area contributed by atoms with Gasteiger partial charge in [0.25, 0.3) is 0 Å². The van der Waals surface area contributed by atoms with Crippen LogP contribution in [0.1, 0.15) is 13.3 Å². The fraction of sp³-hybridized carbons (Fsp3) is 0.538. The maximum absolute atomic E-state index is 6.07. The topological polar surface area (TPSA) is 58.5 Å². The molecule has 0 unspecified atom stereocenters. The third-order valence-electron chi connectivity index (χ3n) is 3.71. The first kappa shape index (κ1) is 12.0. The highest BCUT2D eigenvalue weighted by molar-refractivity contribution is 5.79. The molecule has 2 atom stereocenters. The molecule has 0 amide bonds. The average molecular weight is 234 g/mol. The number of benzene rings is 1. The van der Waals surface area contributed by atoms with Gasteiger partial charge < -0.3 is 21.3 Å². The van der Waals surface area contributed by atoms with Crippen molar-refractivity contribution >= 4 is 17.1 Å². The van der Waals surface area contributed by atoms with Gasteiger partial charge in [-0.15, -0.1) is 0 Å². The number of nitrogens with two attached hydrogens (primary N) is 2. The first-order valence-electron chi connectivity index (χ1n) is 6.07. The van der Waals surface area contributed by atoms with E-state index in [9.17, 15) is 0 Å². The van der Waals surface area contributed by atoms with Crippen molar-refractivity contribution in [1.29, 1.82) is 0 Å². The van der Waals surface area contributed by atoms with Gasteiger partial charge in [0, 0.05) is 18.6 Å². The van der Waals surface area contributed by atoms with Crippen molar-refractivity contribution in [2.45, 2.75) is 25.4 Å².